The molecule has 11 nitrogen and oxygen atoms in total. The lowest BCUT2D eigenvalue weighted by molar-refractivity contribution is -0.384. The van der Waals surface area contributed by atoms with Crippen LogP contribution in [0.25, 0.3) is 0 Å². The van der Waals surface area contributed by atoms with Crippen LogP contribution in [-0.2, 0) is 10.0 Å². The lowest BCUT2D eigenvalue weighted by Crippen LogP contribution is -2.46. The highest BCUT2D eigenvalue weighted by Gasteiger charge is 2.30. The first kappa shape index (κ1) is 19.6. The summed E-state index contributed by atoms with van der Waals surface area (Å²) in [6, 6.07) is 6.99. The molecule has 1 aromatic heterocycles. The molecule has 0 unspecified atom stereocenters. The second-order valence-corrected chi connectivity index (χ2v) is 8.15. The molecule has 0 spiro atoms. The van der Waals surface area contributed by atoms with Gasteiger partial charge in [0.15, 0.2) is 0 Å². The molecule has 2 N–H and O–H groups in total. The second-order valence-electron chi connectivity index (χ2n) is 6.21. The summed E-state index contributed by atoms with van der Waals surface area (Å²) in [4.78, 5) is 33.2. The number of non-ortho nitro benzene ring substituents is 1. The van der Waals surface area contributed by atoms with Crippen LogP contribution < -0.4 is 10.9 Å². The van der Waals surface area contributed by atoms with Crippen LogP contribution in [0.5, 0.6) is 0 Å². The van der Waals surface area contributed by atoms with Gasteiger partial charge >= 0.3 is 0 Å². The molecule has 1 fully saturated rings. The number of amides is 1. The summed E-state index contributed by atoms with van der Waals surface area (Å²) in [7, 11) is -3.77. The van der Waals surface area contributed by atoms with Crippen molar-refractivity contribution in [1.29, 1.82) is 0 Å². The van der Waals surface area contributed by atoms with Gasteiger partial charge in [0.05, 0.1) is 9.82 Å². The molecule has 1 aromatic carbocycles. The molecule has 0 saturated carbocycles. The quantitative estimate of drug-likeness (QED) is 0.532. The highest BCUT2D eigenvalue weighted by Crippen LogP contribution is 2.23. The van der Waals surface area contributed by atoms with E-state index in [1.165, 1.54) is 28.6 Å². The minimum absolute atomic E-state index is 0.0157. The van der Waals surface area contributed by atoms with Gasteiger partial charge in [-0.3, -0.25) is 19.7 Å². The number of aromatic nitrogens is 2. The van der Waals surface area contributed by atoms with Gasteiger partial charge in [-0.1, -0.05) is 0 Å². The summed E-state index contributed by atoms with van der Waals surface area (Å²) >= 11 is 0. The van der Waals surface area contributed by atoms with Crippen LogP contribution in [0.15, 0.2) is 46.1 Å². The molecule has 0 radical (unpaired) electrons. The monoisotopic (exact) mass is 407 g/mol. The number of hydrogen-bond donors (Lipinski definition) is 2. The lowest BCUT2D eigenvalue weighted by atomic mass is 10.1. The fourth-order valence-corrected chi connectivity index (χ4v) is 4.33. The Morgan fingerprint density at radius 2 is 1.82 bits per heavy atom. The molecule has 1 amide bonds. The number of benzene rings is 1. The first-order valence-electron chi connectivity index (χ1n) is 8.38. The molecule has 0 aliphatic carbocycles. The minimum Gasteiger partial charge on any atom is -0.348 e. The predicted molar refractivity (Wildman–Crippen MR) is 97.2 cm³/mol. The van der Waals surface area contributed by atoms with Gasteiger partial charge in [0.25, 0.3) is 17.2 Å². The largest absolute Gasteiger partial charge is 0.348 e. The zero-order valence-electron chi connectivity index (χ0n) is 14.6. The van der Waals surface area contributed by atoms with Gasteiger partial charge in [-0.15, -0.1) is 0 Å². The van der Waals surface area contributed by atoms with Crippen molar-refractivity contribution >= 4 is 21.6 Å². The number of carbonyl (C=O) groups excluding carboxylic acids is 1. The van der Waals surface area contributed by atoms with E-state index in [4.69, 9.17) is 0 Å². The number of aromatic amines is 1. The maximum Gasteiger partial charge on any atom is 0.271 e. The summed E-state index contributed by atoms with van der Waals surface area (Å²) < 4.78 is 26.6. The number of nitrogens with zero attached hydrogens (tertiary/aromatic N) is 3. The molecule has 2 heterocycles. The van der Waals surface area contributed by atoms with E-state index in [-0.39, 0.29) is 35.4 Å². The molecule has 28 heavy (non-hydrogen) atoms. The first-order chi connectivity index (χ1) is 13.3. The maximum atomic E-state index is 12.7. The van der Waals surface area contributed by atoms with Crippen LogP contribution >= 0.6 is 0 Å². The first-order valence-corrected chi connectivity index (χ1v) is 9.82. The molecule has 0 bridgehead atoms. The van der Waals surface area contributed by atoms with E-state index < -0.39 is 26.4 Å². The Labute approximate surface area is 159 Å². The Morgan fingerprint density at radius 3 is 2.36 bits per heavy atom. The number of hydrogen-bond acceptors (Lipinski definition) is 7. The molecule has 1 aliphatic rings. The molecule has 1 saturated heterocycles. The van der Waals surface area contributed by atoms with Gasteiger partial charge in [0, 0.05) is 37.3 Å². The van der Waals surface area contributed by atoms with Gasteiger partial charge in [-0.2, -0.15) is 9.40 Å². The third-order valence-corrected chi connectivity index (χ3v) is 6.30. The van der Waals surface area contributed by atoms with E-state index in [2.05, 4.69) is 15.5 Å². The summed E-state index contributed by atoms with van der Waals surface area (Å²) in [5.74, 6) is -0.451. The number of H-pyrrole nitrogens is 1. The van der Waals surface area contributed by atoms with Crippen molar-refractivity contribution in [3.8, 4) is 0 Å². The lowest BCUT2D eigenvalue weighted by Gasteiger charge is -2.31. The van der Waals surface area contributed by atoms with Crippen molar-refractivity contribution in [2.24, 2.45) is 0 Å². The summed E-state index contributed by atoms with van der Waals surface area (Å²) in [6.45, 7) is 0.395. The molecular formula is C16H17N5O6S. The summed E-state index contributed by atoms with van der Waals surface area (Å²) in [5.41, 5.74) is -0.530. The average molecular weight is 407 g/mol. The molecule has 148 valence electrons. The third-order valence-electron chi connectivity index (χ3n) is 4.39. The molecular weight excluding hydrogens is 390 g/mol. The molecule has 1 aliphatic heterocycles. The van der Waals surface area contributed by atoms with E-state index in [9.17, 15) is 28.1 Å². The number of sulfonamides is 1. The van der Waals surface area contributed by atoms with E-state index in [1.54, 1.807) is 0 Å². The smallest absolute Gasteiger partial charge is 0.271 e. The van der Waals surface area contributed by atoms with Crippen LogP contribution in [0, 0.1) is 10.1 Å². The highest BCUT2D eigenvalue weighted by atomic mass is 32.2. The summed E-state index contributed by atoms with van der Waals surface area (Å²) in [6.07, 6.45) is 0.808. The topological polar surface area (TPSA) is 155 Å². The number of nitro groups is 1. The van der Waals surface area contributed by atoms with Crippen LogP contribution in [0.1, 0.15) is 23.3 Å². The Morgan fingerprint density at radius 1 is 1.18 bits per heavy atom. The van der Waals surface area contributed by atoms with Crippen LogP contribution in [-0.4, -0.2) is 52.9 Å². The van der Waals surface area contributed by atoms with Gasteiger partial charge < -0.3 is 5.32 Å². The van der Waals surface area contributed by atoms with E-state index in [1.807, 2.05) is 0 Å². The van der Waals surface area contributed by atoms with Crippen LogP contribution in [0.2, 0.25) is 0 Å². The van der Waals surface area contributed by atoms with Crippen molar-refractivity contribution < 1.29 is 18.1 Å². The Kier molecular flexibility index (Phi) is 5.51. The Bertz CT molecular complexity index is 1020. The zero-order chi connectivity index (χ0) is 20.3. The number of nitrogens with one attached hydrogen (secondary N) is 2. The molecule has 0 atom stereocenters. The van der Waals surface area contributed by atoms with Gasteiger partial charge in [-0.25, -0.2) is 13.5 Å². The van der Waals surface area contributed by atoms with Crippen molar-refractivity contribution in [3.63, 3.8) is 0 Å². The molecule has 2 aromatic rings. The van der Waals surface area contributed by atoms with Crippen LogP contribution in [0.3, 0.4) is 0 Å². The van der Waals surface area contributed by atoms with Crippen molar-refractivity contribution in [3.05, 3.63) is 62.6 Å². The average Bonchev–Trinajstić information content (AvgIpc) is 2.69. The maximum absolute atomic E-state index is 12.7. The minimum atomic E-state index is -3.77. The van der Waals surface area contributed by atoms with Crippen LogP contribution in [0.4, 0.5) is 5.69 Å². The number of nitro benzene ring substituents is 1. The van der Waals surface area contributed by atoms with E-state index >= 15 is 0 Å². The Balaban J connectivity index is 1.61. The summed E-state index contributed by atoms with van der Waals surface area (Å²) in [5, 5.41) is 19.3. The standard InChI is InChI=1S/C16H17N5O6S/c22-15-6-5-14(18-19-15)16(23)17-11-7-9-20(10-8-11)28(26,27)13-3-1-12(2-4-13)21(24)25/h1-6,11H,7-10H2,(H,17,23)(H,19,22). The highest BCUT2D eigenvalue weighted by molar-refractivity contribution is 7.89. The number of rotatable bonds is 5. The van der Waals surface area contributed by atoms with E-state index in [0.717, 1.165) is 12.1 Å². The van der Waals surface area contributed by atoms with Crippen molar-refractivity contribution in [2.45, 2.75) is 23.8 Å². The fourth-order valence-electron chi connectivity index (χ4n) is 2.86. The number of carbonyl (C=O) groups is 1. The predicted octanol–water partition coefficient (Wildman–Crippen LogP) is 0.261. The van der Waals surface area contributed by atoms with E-state index in [0.29, 0.717) is 12.8 Å². The van der Waals surface area contributed by atoms with Crippen molar-refractivity contribution in [2.75, 3.05) is 13.1 Å². The van der Waals surface area contributed by atoms with Gasteiger partial charge in [-0.05, 0) is 31.0 Å². The molecule has 12 heteroatoms. The molecule has 3 rings (SSSR count). The number of piperidine rings is 1. The van der Waals surface area contributed by atoms with Gasteiger partial charge in [0.1, 0.15) is 5.69 Å². The zero-order valence-corrected chi connectivity index (χ0v) is 15.4. The SMILES string of the molecule is O=C(NC1CCN(S(=O)(=O)c2ccc([N+](=O)[O-])cc2)CC1)c1ccc(=O)[nH]n1. The van der Waals surface area contributed by atoms with Crippen molar-refractivity contribution in [1.82, 2.24) is 19.8 Å². The second kappa shape index (κ2) is 7.86. The third kappa shape index (κ3) is 4.23. The fraction of sp³-hybridized carbons (Fsp3) is 0.312. The normalized spacial score (nSPS) is 15.9. The Hall–Kier alpha value is -3.12. The van der Waals surface area contributed by atoms with Gasteiger partial charge in [0.2, 0.25) is 10.0 Å².